The third-order valence-electron chi connectivity index (χ3n) is 8.85. The molecule has 3 fully saturated rings. The van der Waals surface area contributed by atoms with Gasteiger partial charge in [0.05, 0.1) is 7.11 Å². The summed E-state index contributed by atoms with van der Waals surface area (Å²) in [6, 6.07) is 14.1. The lowest BCUT2D eigenvalue weighted by Crippen LogP contribution is -2.56. The summed E-state index contributed by atoms with van der Waals surface area (Å²) in [5, 5.41) is 0. The summed E-state index contributed by atoms with van der Waals surface area (Å²) in [6.07, 6.45) is 4.83. The van der Waals surface area contributed by atoms with Crippen LogP contribution in [0.2, 0.25) is 0 Å². The van der Waals surface area contributed by atoms with Gasteiger partial charge in [-0.25, -0.2) is 0 Å². The molecule has 2 aromatic carbocycles. The van der Waals surface area contributed by atoms with E-state index in [4.69, 9.17) is 4.74 Å². The minimum absolute atomic E-state index is 0.0287. The molecule has 0 aromatic heterocycles. The standard InChI is InChI=1S/C31H37F3N2O3/c1-35(29(37)14-11-22-5-3-8-28(17-22)39-31(32,33)34)26-13-12-25-21-36(20-23-9-10-23)16-15-30(25,19-26)24-6-4-7-27(18-24)38-2/h3-8,11,14,17-18,23,25-26H,9-10,12-13,15-16,19-21H2,1-2H3/b14-11+. The van der Waals surface area contributed by atoms with Gasteiger partial charge in [0.1, 0.15) is 11.5 Å². The molecule has 1 heterocycles. The first-order valence-corrected chi connectivity index (χ1v) is 13.8. The van der Waals surface area contributed by atoms with Crippen LogP contribution in [0.25, 0.3) is 6.08 Å². The van der Waals surface area contributed by atoms with Crippen LogP contribution in [0.3, 0.4) is 0 Å². The van der Waals surface area contributed by atoms with Gasteiger partial charge in [0.15, 0.2) is 0 Å². The zero-order chi connectivity index (χ0) is 27.6. The van der Waals surface area contributed by atoms with Crippen molar-refractivity contribution in [2.24, 2.45) is 11.8 Å². The molecule has 5 nitrogen and oxygen atoms in total. The van der Waals surface area contributed by atoms with E-state index in [0.717, 1.165) is 50.4 Å². The second kappa shape index (κ2) is 11.2. The van der Waals surface area contributed by atoms with Crippen molar-refractivity contribution in [3.8, 4) is 11.5 Å². The summed E-state index contributed by atoms with van der Waals surface area (Å²) in [6.45, 7) is 3.35. The van der Waals surface area contributed by atoms with E-state index in [1.807, 2.05) is 13.1 Å². The largest absolute Gasteiger partial charge is 0.573 e. The number of piperidine rings is 1. The summed E-state index contributed by atoms with van der Waals surface area (Å²) in [5.74, 6) is 1.77. The summed E-state index contributed by atoms with van der Waals surface area (Å²) in [7, 11) is 3.53. The molecule has 0 bridgehead atoms. The van der Waals surface area contributed by atoms with Crippen LogP contribution in [0.4, 0.5) is 13.2 Å². The van der Waals surface area contributed by atoms with Gasteiger partial charge in [-0.3, -0.25) is 4.79 Å². The first-order valence-electron chi connectivity index (χ1n) is 13.8. The fourth-order valence-corrected chi connectivity index (χ4v) is 6.56. The van der Waals surface area contributed by atoms with Crippen molar-refractivity contribution >= 4 is 12.0 Å². The average Bonchev–Trinajstić information content (AvgIpc) is 3.74. The van der Waals surface area contributed by atoms with Crippen LogP contribution in [0.1, 0.15) is 49.7 Å². The molecule has 3 unspecified atom stereocenters. The van der Waals surface area contributed by atoms with E-state index in [1.165, 1.54) is 49.2 Å². The highest BCUT2D eigenvalue weighted by Gasteiger charge is 2.49. The molecule has 0 radical (unpaired) electrons. The van der Waals surface area contributed by atoms with Crippen molar-refractivity contribution in [2.75, 3.05) is 33.8 Å². The van der Waals surface area contributed by atoms with Crippen molar-refractivity contribution in [2.45, 2.75) is 56.3 Å². The molecule has 8 heteroatoms. The molecule has 1 amide bonds. The van der Waals surface area contributed by atoms with E-state index in [2.05, 4.69) is 27.8 Å². The fraction of sp³-hybridized carbons (Fsp3) is 0.516. The third-order valence-corrected chi connectivity index (χ3v) is 8.85. The van der Waals surface area contributed by atoms with Crippen molar-refractivity contribution in [3.05, 3.63) is 65.7 Å². The Morgan fingerprint density at radius 3 is 2.62 bits per heavy atom. The van der Waals surface area contributed by atoms with Crippen LogP contribution in [0, 0.1) is 11.8 Å². The number of nitrogens with zero attached hydrogens (tertiary/aromatic N) is 2. The predicted octanol–water partition coefficient (Wildman–Crippen LogP) is 6.29. The van der Waals surface area contributed by atoms with Gasteiger partial charge in [-0.2, -0.15) is 0 Å². The number of carbonyl (C=O) groups is 1. The van der Waals surface area contributed by atoms with Crippen molar-refractivity contribution < 1.29 is 27.4 Å². The maximum absolute atomic E-state index is 13.2. The van der Waals surface area contributed by atoms with E-state index in [9.17, 15) is 18.0 Å². The van der Waals surface area contributed by atoms with E-state index in [0.29, 0.717) is 11.5 Å². The number of alkyl halides is 3. The molecule has 1 aliphatic heterocycles. The van der Waals surface area contributed by atoms with E-state index < -0.39 is 6.36 Å². The van der Waals surface area contributed by atoms with E-state index in [1.54, 1.807) is 24.2 Å². The number of methoxy groups -OCH3 is 1. The molecule has 2 saturated carbocycles. The van der Waals surface area contributed by atoms with Crippen LogP contribution in [-0.2, 0) is 10.2 Å². The number of amides is 1. The van der Waals surface area contributed by atoms with Crippen molar-refractivity contribution in [1.29, 1.82) is 0 Å². The normalized spacial score (nSPS) is 25.8. The topological polar surface area (TPSA) is 42.0 Å². The number of hydrogen-bond acceptors (Lipinski definition) is 4. The lowest BCUT2D eigenvalue weighted by atomic mass is 9.57. The SMILES string of the molecule is COc1cccc(C23CCN(CC4CC4)CC2CCC(N(C)C(=O)/C=C/c2cccc(OC(F)(F)F)c2)C3)c1. The van der Waals surface area contributed by atoms with Crippen LogP contribution < -0.4 is 9.47 Å². The molecule has 39 heavy (non-hydrogen) atoms. The van der Waals surface area contributed by atoms with Crippen LogP contribution in [0.5, 0.6) is 11.5 Å². The highest BCUT2D eigenvalue weighted by molar-refractivity contribution is 5.91. The zero-order valence-corrected chi connectivity index (χ0v) is 22.6. The second-order valence-electron chi connectivity index (χ2n) is 11.4. The first kappa shape index (κ1) is 27.6. The van der Waals surface area contributed by atoms with Gasteiger partial charge in [0.2, 0.25) is 5.91 Å². The Balaban J connectivity index is 1.32. The molecule has 0 spiro atoms. The second-order valence-corrected chi connectivity index (χ2v) is 11.4. The number of fused-ring (bicyclic) bond motifs is 1. The smallest absolute Gasteiger partial charge is 0.497 e. The lowest BCUT2D eigenvalue weighted by molar-refractivity contribution is -0.274. The van der Waals surface area contributed by atoms with E-state index >= 15 is 0 Å². The van der Waals surface area contributed by atoms with Gasteiger partial charge in [-0.15, -0.1) is 13.2 Å². The number of benzene rings is 2. The molecule has 3 atom stereocenters. The summed E-state index contributed by atoms with van der Waals surface area (Å²) in [5.41, 5.74) is 1.73. The Bertz CT molecular complexity index is 1200. The molecule has 2 aliphatic carbocycles. The number of likely N-dealkylation sites (N-methyl/N-ethyl adjacent to an activating group) is 1. The third kappa shape index (κ3) is 6.60. The number of rotatable bonds is 8. The van der Waals surface area contributed by atoms with E-state index in [-0.39, 0.29) is 23.1 Å². The maximum Gasteiger partial charge on any atom is 0.573 e. The molecular weight excluding hydrogens is 505 g/mol. The minimum atomic E-state index is -4.76. The number of carbonyl (C=O) groups excluding carboxylic acids is 1. The van der Waals surface area contributed by atoms with Gasteiger partial charge in [0.25, 0.3) is 0 Å². The molecular formula is C31H37F3N2O3. The van der Waals surface area contributed by atoms with Gasteiger partial charge in [0, 0.05) is 37.7 Å². The highest BCUT2D eigenvalue weighted by Crippen LogP contribution is 2.51. The molecule has 3 aliphatic rings. The Labute approximate surface area is 228 Å². The zero-order valence-electron chi connectivity index (χ0n) is 22.6. The van der Waals surface area contributed by atoms with Crippen LogP contribution in [-0.4, -0.2) is 61.9 Å². The van der Waals surface area contributed by atoms with Gasteiger partial charge < -0.3 is 19.3 Å². The number of likely N-dealkylation sites (tertiary alicyclic amines) is 1. The predicted molar refractivity (Wildman–Crippen MR) is 145 cm³/mol. The van der Waals surface area contributed by atoms with Gasteiger partial charge >= 0.3 is 6.36 Å². The monoisotopic (exact) mass is 542 g/mol. The molecule has 2 aromatic rings. The quantitative estimate of drug-likeness (QED) is 0.368. The summed E-state index contributed by atoms with van der Waals surface area (Å²) in [4.78, 5) is 17.7. The molecule has 210 valence electrons. The molecule has 5 rings (SSSR count). The van der Waals surface area contributed by atoms with Crippen LogP contribution in [0.15, 0.2) is 54.6 Å². The maximum atomic E-state index is 13.2. The molecule has 1 saturated heterocycles. The number of ether oxygens (including phenoxy) is 2. The summed E-state index contributed by atoms with van der Waals surface area (Å²) < 4.78 is 47.3. The van der Waals surface area contributed by atoms with Gasteiger partial charge in [-0.1, -0.05) is 24.3 Å². The highest BCUT2D eigenvalue weighted by atomic mass is 19.4. The lowest BCUT2D eigenvalue weighted by Gasteiger charge is -2.54. The first-order chi connectivity index (χ1) is 18.6. The average molecular weight is 543 g/mol. The Kier molecular flexibility index (Phi) is 7.94. The molecule has 0 N–H and O–H groups in total. The Morgan fingerprint density at radius 2 is 1.87 bits per heavy atom. The van der Waals surface area contributed by atoms with Gasteiger partial charge in [-0.05, 0) is 98.4 Å². The fourth-order valence-electron chi connectivity index (χ4n) is 6.56. The minimum Gasteiger partial charge on any atom is -0.497 e. The van der Waals surface area contributed by atoms with Crippen molar-refractivity contribution in [3.63, 3.8) is 0 Å². The summed E-state index contributed by atoms with van der Waals surface area (Å²) >= 11 is 0. The van der Waals surface area contributed by atoms with Crippen LogP contribution >= 0.6 is 0 Å². The Morgan fingerprint density at radius 1 is 1.10 bits per heavy atom. The number of halogens is 3. The van der Waals surface area contributed by atoms with Crippen molar-refractivity contribution in [1.82, 2.24) is 9.80 Å². The Hall–Kier alpha value is -3.00. The number of hydrogen-bond donors (Lipinski definition) is 0.